The molecule has 0 aliphatic heterocycles. The van der Waals surface area contributed by atoms with E-state index in [1.165, 1.54) is 36.4 Å². The fourth-order valence-corrected chi connectivity index (χ4v) is 3.48. The molecule has 1 N–H and O–H groups in total. The van der Waals surface area contributed by atoms with Crippen LogP contribution in [-0.4, -0.2) is 32.3 Å². The highest BCUT2D eigenvalue weighted by atomic mass is 35.5. The summed E-state index contributed by atoms with van der Waals surface area (Å²) in [5.41, 5.74) is 0.854. The molecule has 2 rings (SSSR count). The molecule has 0 spiro atoms. The molecule has 142 valence electrons. The van der Waals surface area contributed by atoms with E-state index in [1.54, 1.807) is 24.3 Å². The number of carbonyl (C=O) groups is 1. The van der Waals surface area contributed by atoms with Crippen LogP contribution in [0.3, 0.4) is 0 Å². The van der Waals surface area contributed by atoms with Crippen molar-refractivity contribution >= 4 is 39.3 Å². The number of hydrogen-bond acceptors (Lipinski definition) is 5. The number of anilines is 1. The van der Waals surface area contributed by atoms with E-state index in [4.69, 9.17) is 22.1 Å². The number of nitrogens with one attached hydrogen (secondary N) is 1. The zero-order valence-corrected chi connectivity index (χ0v) is 16.1. The molecular weight excluding hydrogens is 400 g/mol. The molecule has 2 aromatic carbocycles. The fourth-order valence-electron chi connectivity index (χ4n) is 2.16. The molecule has 1 amide bonds. The third-order valence-corrected chi connectivity index (χ3v) is 5.27. The molecule has 0 saturated carbocycles. The Kier molecular flexibility index (Phi) is 7.16. The lowest BCUT2D eigenvalue weighted by molar-refractivity contribution is -0.124. The Morgan fingerprint density at radius 3 is 2.25 bits per heavy atom. The van der Waals surface area contributed by atoms with E-state index in [2.05, 4.69) is 4.72 Å². The average molecular weight is 415 g/mol. The van der Waals surface area contributed by atoms with Gasteiger partial charge in [-0.2, -0.15) is 10.5 Å². The number of nitriles is 2. The Bertz CT molecular complexity index is 1050. The molecule has 2 aromatic rings. The van der Waals surface area contributed by atoms with Crippen LogP contribution in [0, 0.1) is 22.7 Å². The fraction of sp³-hybridized carbons (Fsp3) is 0.105. The van der Waals surface area contributed by atoms with Gasteiger partial charge in [0.1, 0.15) is 13.1 Å². The number of amides is 1. The molecular formula is C19H15ClN4O3S. The van der Waals surface area contributed by atoms with E-state index in [1.807, 2.05) is 12.1 Å². The highest BCUT2D eigenvalue weighted by molar-refractivity contribution is 7.92. The predicted molar refractivity (Wildman–Crippen MR) is 106 cm³/mol. The van der Waals surface area contributed by atoms with E-state index < -0.39 is 15.9 Å². The maximum absolute atomic E-state index is 12.5. The number of halogens is 1. The summed E-state index contributed by atoms with van der Waals surface area (Å²) in [7, 11) is -3.82. The van der Waals surface area contributed by atoms with E-state index >= 15 is 0 Å². The standard InChI is InChI=1S/C19H15ClN4O3S/c20-17-3-1-2-4-18(17)23-28(26,27)16-8-5-15(6-9-16)7-10-19(25)24(13-11-21)14-12-22/h1-10,23H,13-14H2/b10-7+. The molecule has 0 atom stereocenters. The lowest BCUT2D eigenvalue weighted by Crippen LogP contribution is -2.30. The van der Waals surface area contributed by atoms with Crippen LogP contribution in [0.15, 0.2) is 59.5 Å². The van der Waals surface area contributed by atoms with Gasteiger partial charge in [-0.05, 0) is 35.9 Å². The lowest BCUT2D eigenvalue weighted by atomic mass is 10.2. The molecule has 28 heavy (non-hydrogen) atoms. The quantitative estimate of drug-likeness (QED) is 0.552. The maximum atomic E-state index is 12.5. The SMILES string of the molecule is N#CCN(CC#N)C(=O)/C=C/c1ccc(S(=O)(=O)Nc2ccccc2Cl)cc1. The smallest absolute Gasteiger partial charge is 0.261 e. The Morgan fingerprint density at radius 1 is 1.07 bits per heavy atom. The third kappa shape index (κ3) is 5.58. The first-order valence-corrected chi connectivity index (χ1v) is 9.82. The molecule has 0 aliphatic rings. The van der Waals surface area contributed by atoms with Crippen LogP contribution in [0.2, 0.25) is 5.02 Å². The number of benzene rings is 2. The molecule has 0 unspecified atom stereocenters. The van der Waals surface area contributed by atoms with Crippen LogP contribution >= 0.6 is 11.6 Å². The van der Waals surface area contributed by atoms with Gasteiger partial charge >= 0.3 is 0 Å². The van der Waals surface area contributed by atoms with Crippen molar-refractivity contribution in [3.05, 3.63) is 65.2 Å². The van der Waals surface area contributed by atoms with Gasteiger partial charge in [-0.15, -0.1) is 0 Å². The van der Waals surface area contributed by atoms with E-state index in [0.717, 1.165) is 4.90 Å². The minimum atomic E-state index is -3.82. The third-order valence-electron chi connectivity index (χ3n) is 3.56. The van der Waals surface area contributed by atoms with Crippen molar-refractivity contribution in [1.29, 1.82) is 10.5 Å². The molecule has 9 heteroatoms. The van der Waals surface area contributed by atoms with Crippen LogP contribution in [0.1, 0.15) is 5.56 Å². The minimum Gasteiger partial charge on any atom is -0.313 e. The minimum absolute atomic E-state index is 0.0338. The monoisotopic (exact) mass is 414 g/mol. The summed E-state index contributed by atoms with van der Waals surface area (Å²) in [6.07, 6.45) is 2.70. The summed E-state index contributed by atoms with van der Waals surface area (Å²) in [6.45, 7) is -0.386. The van der Waals surface area contributed by atoms with Crippen LogP contribution in [0.5, 0.6) is 0 Å². The van der Waals surface area contributed by atoms with Crippen molar-refractivity contribution in [2.24, 2.45) is 0 Å². The van der Waals surface area contributed by atoms with Crippen LogP contribution in [0.25, 0.3) is 6.08 Å². The second kappa shape index (κ2) is 9.56. The Morgan fingerprint density at radius 2 is 1.68 bits per heavy atom. The topological polar surface area (TPSA) is 114 Å². The van der Waals surface area contributed by atoms with Gasteiger partial charge < -0.3 is 4.90 Å². The summed E-state index contributed by atoms with van der Waals surface area (Å²) < 4.78 is 27.3. The van der Waals surface area contributed by atoms with E-state index in [0.29, 0.717) is 5.56 Å². The van der Waals surface area contributed by atoms with Crippen LogP contribution in [-0.2, 0) is 14.8 Å². The van der Waals surface area contributed by atoms with Crippen LogP contribution < -0.4 is 4.72 Å². The molecule has 0 aromatic heterocycles. The second-order valence-electron chi connectivity index (χ2n) is 5.50. The molecule has 0 saturated heterocycles. The van der Waals surface area contributed by atoms with Gasteiger partial charge in [-0.3, -0.25) is 9.52 Å². The molecule has 0 aliphatic carbocycles. The number of carbonyl (C=O) groups excluding carboxylic acids is 1. The normalized spacial score (nSPS) is 10.8. The molecule has 0 radical (unpaired) electrons. The summed E-state index contributed by atoms with van der Waals surface area (Å²) >= 11 is 5.97. The largest absolute Gasteiger partial charge is 0.313 e. The van der Waals surface area contributed by atoms with Gasteiger partial charge in [0.2, 0.25) is 5.91 Å². The first-order valence-electron chi connectivity index (χ1n) is 7.95. The average Bonchev–Trinajstić information content (AvgIpc) is 2.68. The van der Waals surface area contributed by atoms with Gasteiger partial charge in [-0.25, -0.2) is 8.42 Å². The summed E-state index contributed by atoms with van der Waals surface area (Å²) in [5, 5.41) is 17.6. The van der Waals surface area contributed by atoms with Crippen LogP contribution in [0.4, 0.5) is 5.69 Å². The second-order valence-corrected chi connectivity index (χ2v) is 7.59. The van der Waals surface area contributed by atoms with Gasteiger partial charge in [0, 0.05) is 6.08 Å². The maximum Gasteiger partial charge on any atom is 0.261 e. The predicted octanol–water partition coefficient (Wildman–Crippen LogP) is 3.03. The summed E-state index contributed by atoms with van der Waals surface area (Å²) in [5.74, 6) is -0.486. The highest BCUT2D eigenvalue weighted by Crippen LogP contribution is 2.24. The van der Waals surface area contributed by atoms with Crippen molar-refractivity contribution in [1.82, 2.24) is 4.90 Å². The zero-order chi connectivity index (χ0) is 20.6. The molecule has 0 fully saturated rings. The Balaban J connectivity index is 2.12. The molecule has 7 nitrogen and oxygen atoms in total. The number of rotatable bonds is 7. The van der Waals surface area contributed by atoms with Crippen molar-refractivity contribution in [2.45, 2.75) is 4.90 Å². The van der Waals surface area contributed by atoms with Gasteiger partial charge in [-0.1, -0.05) is 35.9 Å². The highest BCUT2D eigenvalue weighted by Gasteiger charge is 2.15. The molecule has 0 heterocycles. The number of nitrogens with zero attached hydrogens (tertiary/aromatic N) is 3. The first kappa shape index (κ1) is 21.0. The van der Waals surface area contributed by atoms with Crippen molar-refractivity contribution in [3.8, 4) is 12.1 Å². The van der Waals surface area contributed by atoms with Gasteiger partial charge in [0.15, 0.2) is 0 Å². The summed E-state index contributed by atoms with van der Waals surface area (Å²) in [4.78, 5) is 13.1. The van der Waals surface area contributed by atoms with Crippen molar-refractivity contribution in [2.75, 3.05) is 17.8 Å². The van der Waals surface area contributed by atoms with Crippen molar-refractivity contribution < 1.29 is 13.2 Å². The van der Waals surface area contributed by atoms with Gasteiger partial charge in [0.25, 0.3) is 10.0 Å². The summed E-state index contributed by atoms with van der Waals surface area (Å²) in [6, 6.07) is 16.0. The number of para-hydroxylation sites is 1. The van der Waals surface area contributed by atoms with Crippen molar-refractivity contribution in [3.63, 3.8) is 0 Å². The van der Waals surface area contributed by atoms with E-state index in [-0.39, 0.29) is 28.7 Å². The van der Waals surface area contributed by atoms with Gasteiger partial charge in [0.05, 0.1) is 27.7 Å². The number of sulfonamides is 1. The lowest BCUT2D eigenvalue weighted by Gasteiger charge is -2.12. The first-order chi connectivity index (χ1) is 13.4. The Labute approximate surface area is 168 Å². The Hall–Kier alpha value is -3.33. The van der Waals surface area contributed by atoms with E-state index in [9.17, 15) is 13.2 Å². The molecule has 0 bridgehead atoms. The number of hydrogen-bond donors (Lipinski definition) is 1. The zero-order valence-electron chi connectivity index (χ0n) is 14.5.